The Morgan fingerprint density at radius 1 is 1.09 bits per heavy atom. The number of fused-ring (bicyclic) bond motifs is 3. The molecular formula is C16H11N5O. The molecule has 1 N–H and O–H groups in total. The molecule has 4 aromatic rings. The number of carbonyl (C=O) groups excluding carboxylic acids is 1. The normalized spacial score (nSPS) is 10.9. The van der Waals surface area contributed by atoms with E-state index >= 15 is 0 Å². The summed E-state index contributed by atoms with van der Waals surface area (Å²) in [6.45, 7) is 0. The number of anilines is 1. The molecular weight excluding hydrogens is 278 g/mol. The summed E-state index contributed by atoms with van der Waals surface area (Å²) in [6, 6.07) is 13.3. The van der Waals surface area contributed by atoms with Crippen LogP contribution in [0.1, 0.15) is 10.4 Å². The number of carbonyl (C=O) groups is 1. The van der Waals surface area contributed by atoms with Crippen LogP contribution in [0, 0.1) is 0 Å². The van der Waals surface area contributed by atoms with Gasteiger partial charge in [0, 0.05) is 24.0 Å². The Balaban J connectivity index is 1.74. The average Bonchev–Trinajstić information content (AvgIpc) is 2.98. The molecule has 0 fully saturated rings. The van der Waals surface area contributed by atoms with Gasteiger partial charge < -0.3 is 0 Å². The molecule has 0 unspecified atom stereocenters. The Bertz CT molecular complexity index is 978. The van der Waals surface area contributed by atoms with E-state index in [2.05, 4.69) is 20.4 Å². The quantitative estimate of drug-likeness (QED) is 0.615. The highest BCUT2D eigenvalue weighted by Crippen LogP contribution is 2.19. The van der Waals surface area contributed by atoms with Gasteiger partial charge in [0.25, 0.3) is 5.91 Å². The molecule has 0 bridgehead atoms. The summed E-state index contributed by atoms with van der Waals surface area (Å²) in [5.74, 6) is -0.0153. The smallest absolute Gasteiger partial charge is 0.259 e. The van der Waals surface area contributed by atoms with Crippen LogP contribution in [0.2, 0.25) is 0 Å². The number of benzene rings is 1. The summed E-state index contributed by atoms with van der Waals surface area (Å²) in [5.41, 5.74) is 1.17. The molecule has 6 nitrogen and oxygen atoms in total. The summed E-state index contributed by atoms with van der Waals surface area (Å²) in [7, 11) is 0. The van der Waals surface area contributed by atoms with E-state index in [1.807, 2.05) is 36.5 Å². The molecule has 0 spiro atoms. The molecule has 0 aliphatic heterocycles. The number of nitrogens with one attached hydrogen (secondary N) is 1. The zero-order valence-electron chi connectivity index (χ0n) is 11.5. The van der Waals surface area contributed by atoms with Gasteiger partial charge in [0.05, 0.1) is 5.56 Å². The molecule has 3 heterocycles. The average molecular weight is 289 g/mol. The van der Waals surface area contributed by atoms with E-state index in [0.717, 1.165) is 10.8 Å². The molecule has 0 saturated carbocycles. The van der Waals surface area contributed by atoms with Crippen molar-refractivity contribution in [3.8, 4) is 0 Å². The molecule has 106 valence electrons. The van der Waals surface area contributed by atoms with Crippen LogP contribution >= 0.6 is 0 Å². The van der Waals surface area contributed by atoms with E-state index in [1.165, 1.54) is 6.20 Å². The highest BCUT2D eigenvalue weighted by atomic mass is 16.1. The maximum atomic E-state index is 12.1. The summed E-state index contributed by atoms with van der Waals surface area (Å²) < 4.78 is 1.65. The molecule has 0 atom stereocenters. The first-order chi connectivity index (χ1) is 10.8. The predicted octanol–water partition coefficient (Wildman–Crippen LogP) is 2.53. The lowest BCUT2D eigenvalue weighted by Crippen LogP contribution is -2.13. The van der Waals surface area contributed by atoms with Gasteiger partial charge in [-0.3, -0.25) is 15.1 Å². The van der Waals surface area contributed by atoms with Gasteiger partial charge in [0.1, 0.15) is 0 Å². The Labute approximate surface area is 125 Å². The second-order valence-electron chi connectivity index (χ2n) is 4.80. The fourth-order valence-electron chi connectivity index (χ4n) is 2.33. The number of hydrogen-bond acceptors (Lipinski definition) is 4. The van der Waals surface area contributed by atoms with E-state index in [0.29, 0.717) is 11.2 Å². The molecule has 0 saturated heterocycles. The lowest BCUT2D eigenvalue weighted by Gasteiger charge is -1.98. The highest BCUT2D eigenvalue weighted by Gasteiger charge is 2.11. The van der Waals surface area contributed by atoms with Gasteiger partial charge in [-0.05, 0) is 23.6 Å². The number of hydrogen-bond donors (Lipinski definition) is 1. The van der Waals surface area contributed by atoms with Crippen molar-refractivity contribution in [3.05, 3.63) is 66.6 Å². The van der Waals surface area contributed by atoms with Gasteiger partial charge in [-0.15, -0.1) is 5.10 Å². The molecule has 22 heavy (non-hydrogen) atoms. The van der Waals surface area contributed by atoms with E-state index in [-0.39, 0.29) is 11.9 Å². The van der Waals surface area contributed by atoms with Gasteiger partial charge >= 0.3 is 0 Å². The van der Waals surface area contributed by atoms with E-state index in [1.54, 1.807) is 22.8 Å². The van der Waals surface area contributed by atoms with E-state index < -0.39 is 0 Å². The summed E-state index contributed by atoms with van der Waals surface area (Å²) >= 11 is 0. The minimum Gasteiger partial charge on any atom is -0.289 e. The Hall–Kier alpha value is -3.28. The number of amides is 1. The van der Waals surface area contributed by atoms with Crippen LogP contribution in [-0.4, -0.2) is 25.5 Å². The Kier molecular flexibility index (Phi) is 2.79. The maximum Gasteiger partial charge on any atom is 0.259 e. The third-order valence-electron chi connectivity index (χ3n) is 3.38. The first-order valence-corrected chi connectivity index (χ1v) is 6.77. The third kappa shape index (κ3) is 2.07. The Morgan fingerprint density at radius 2 is 2.00 bits per heavy atom. The minimum absolute atomic E-state index is 0.269. The van der Waals surface area contributed by atoms with Crippen molar-refractivity contribution in [2.75, 3.05) is 5.32 Å². The van der Waals surface area contributed by atoms with Crippen molar-refractivity contribution in [1.29, 1.82) is 0 Å². The van der Waals surface area contributed by atoms with Gasteiger partial charge in [-0.2, -0.15) is 4.98 Å². The van der Waals surface area contributed by atoms with Crippen LogP contribution in [0.15, 0.2) is 61.1 Å². The summed E-state index contributed by atoms with van der Waals surface area (Å²) in [6.07, 6.45) is 4.94. The minimum atomic E-state index is -0.284. The fraction of sp³-hybridized carbons (Fsp3) is 0. The summed E-state index contributed by atoms with van der Waals surface area (Å²) in [4.78, 5) is 20.4. The van der Waals surface area contributed by atoms with Crippen LogP contribution in [-0.2, 0) is 0 Å². The number of rotatable bonds is 2. The zero-order valence-corrected chi connectivity index (χ0v) is 11.5. The van der Waals surface area contributed by atoms with Crippen LogP contribution in [0.4, 0.5) is 5.95 Å². The zero-order chi connectivity index (χ0) is 14.9. The largest absolute Gasteiger partial charge is 0.289 e. The number of pyridine rings is 2. The topological polar surface area (TPSA) is 72.2 Å². The lowest BCUT2D eigenvalue weighted by molar-refractivity contribution is 0.102. The van der Waals surface area contributed by atoms with Crippen molar-refractivity contribution in [3.63, 3.8) is 0 Å². The molecule has 1 amide bonds. The van der Waals surface area contributed by atoms with Crippen molar-refractivity contribution in [1.82, 2.24) is 19.6 Å². The monoisotopic (exact) mass is 289 g/mol. The first-order valence-electron chi connectivity index (χ1n) is 6.77. The standard InChI is InChI=1S/C16H11N5O/c22-15(12-5-3-8-17-10-12)19-16-18-14-13-6-2-1-4-11(13)7-9-21(14)20-16/h1-10H,(H,19,20,22). The molecule has 1 aromatic carbocycles. The van der Waals surface area contributed by atoms with Crippen molar-refractivity contribution >= 4 is 28.3 Å². The van der Waals surface area contributed by atoms with Gasteiger partial charge in [-0.1, -0.05) is 24.3 Å². The molecule has 0 aliphatic rings. The highest BCUT2D eigenvalue weighted by molar-refractivity contribution is 6.03. The van der Waals surface area contributed by atoms with Crippen LogP contribution < -0.4 is 5.32 Å². The second kappa shape index (κ2) is 4.92. The van der Waals surface area contributed by atoms with Crippen LogP contribution in [0.3, 0.4) is 0 Å². The fourth-order valence-corrected chi connectivity index (χ4v) is 2.33. The summed E-state index contributed by atoms with van der Waals surface area (Å²) in [5, 5.41) is 9.03. The van der Waals surface area contributed by atoms with Crippen LogP contribution in [0.25, 0.3) is 16.4 Å². The van der Waals surface area contributed by atoms with Gasteiger partial charge in [0.2, 0.25) is 5.95 Å². The van der Waals surface area contributed by atoms with Gasteiger partial charge in [0.15, 0.2) is 5.65 Å². The molecule has 3 aromatic heterocycles. The predicted molar refractivity (Wildman–Crippen MR) is 82.7 cm³/mol. The molecule has 0 radical (unpaired) electrons. The second-order valence-corrected chi connectivity index (χ2v) is 4.80. The van der Waals surface area contributed by atoms with Crippen molar-refractivity contribution in [2.24, 2.45) is 0 Å². The van der Waals surface area contributed by atoms with Crippen molar-refractivity contribution in [2.45, 2.75) is 0 Å². The third-order valence-corrected chi connectivity index (χ3v) is 3.38. The maximum absolute atomic E-state index is 12.1. The van der Waals surface area contributed by atoms with Crippen molar-refractivity contribution < 1.29 is 4.79 Å². The number of aromatic nitrogens is 4. The molecule has 4 rings (SSSR count). The van der Waals surface area contributed by atoms with Crippen LogP contribution in [0.5, 0.6) is 0 Å². The van der Waals surface area contributed by atoms with E-state index in [9.17, 15) is 4.79 Å². The Morgan fingerprint density at radius 3 is 2.86 bits per heavy atom. The molecule has 6 heteroatoms. The van der Waals surface area contributed by atoms with Gasteiger partial charge in [-0.25, -0.2) is 4.52 Å². The lowest BCUT2D eigenvalue weighted by atomic mass is 10.2. The molecule has 0 aliphatic carbocycles. The SMILES string of the molecule is O=C(Nc1nc2c3ccccc3ccn2n1)c1cccnc1. The van der Waals surface area contributed by atoms with E-state index in [4.69, 9.17) is 0 Å². The number of nitrogens with zero attached hydrogens (tertiary/aromatic N) is 4. The first kappa shape index (κ1) is 12.5.